The largest absolute Gasteiger partial charge is 0.373 e. The number of hydrogen-bond acceptors (Lipinski definition) is 4. The van der Waals surface area contributed by atoms with Gasteiger partial charge in [-0.25, -0.2) is 8.42 Å². The molecule has 0 spiro atoms. The number of ether oxygens (including phenoxy) is 1. The molecule has 0 saturated carbocycles. The topological polar surface area (TPSA) is 58.6 Å². The zero-order valence-corrected chi connectivity index (χ0v) is 12.7. The summed E-state index contributed by atoms with van der Waals surface area (Å²) in [6.07, 6.45) is 0.955. The lowest BCUT2D eigenvalue weighted by Crippen LogP contribution is -2.51. The molecular weight excluding hydrogens is 252 g/mol. The van der Waals surface area contributed by atoms with Crippen molar-refractivity contribution in [2.75, 3.05) is 26.2 Å². The first-order chi connectivity index (χ1) is 8.37. The van der Waals surface area contributed by atoms with Crippen molar-refractivity contribution in [2.45, 2.75) is 51.6 Å². The Kier molecular flexibility index (Phi) is 6.04. The number of morpholine rings is 1. The Balaban J connectivity index is 2.61. The summed E-state index contributed by atoms with van der Waals surface area (Å²) >= 11 is 0. The van der Waals surface area contributed by atoms with Crippen molar-refractivity contribution in [1.29, 1.82) is 0 Å². The van der Waals surface area contributed by atoms with Gasteiger partial charge in [-0.05, 0) is 33.7 Å². The Morgan fingerprint density at radius 3 is 2.39 bits per heavy atom. The fourth-order valence-electron chi connectivity index (χ4n) is 2.18. The molecule has 0 bridgehead atoms. The lowest BCUT2D eigenvalue weighted by atomic mass is 10.3. The Bertz CT molecular complexity index is 335. The number of nitrogens with one attached hydrogen (secondary N) is 1. The first kappa shape index (κ1) is 15.9. The van der Waals surface area contributed by atoms with Crippen LogP contribution in [-0.4, -0.2) is 56.4 Å². The van der Waals surface area contributed by atoms with E-state index in [9.17, 15) is 8.42 Å². The molecular formula is C12H26N2O3S. The van der Waals surface area contributed by atoms with Crippen LogP contribution in [0.5, 0.6) is 0 Å². The minimum Gasteiger partial charge on any atom is -0.373 e. The van der Waals surface area contributed by atoms with Crippen LogP contribution < -0.4 is 5.32 Å². The summed E-state index contributed by atoms with van der Waals surface area (Å²) in [6, 6.07) is 0. The van der Waals surface area contributed by atoms with E-state index in [0.29, 0.717) is 19.6 Å². The quantitative estimate of drug-likeness (QED) is 0.731. The predicted molar refractivity (Wildman–Crippen MR) is 73.1 cm³/mol. The lowest BCUT2D eigenvalue weighted by molar-refractivity contribution is -0.0442. The minimum absolute atomic E-state index is 0.0284. The summed E-state index contributed by atoms with van der Waals surface area (Å²) < 4.78 is 31.9. The first-order valence-electron chi connectivity index (χ1n) is 6.73. The fourth-order valence-corrected chi connectivity index (χ4v) is 3.85. The average Bonchev–Trinajstić information content (AvgIpc) is 2.27. The van der Waals surface area contributed by atoms with Gasteiger partial charge in [-0.15, -0.1) is 0 Å². The maximum absolute atomic E-state index is 12.4. The second kappa shape index (κ2) is 6.84. The third kappa shape index (κ3) is 4.19. The molecule has 1 unspecified atom stereocenters. The summed E-state index contributed by atoms with van der Waals surface area (Å²) in [5, 5.41) is 2.78. The summed E-state index contributed by atoms with van der Waals surface area (Å²) in [7, 11) is -3.22. The zero-order chi connectivity index (χ0) is 13.8. The molecule has 6 heteroatoms. The van der Waals surface area contributed by atoms with Crippen LogP contribution in [0.25, 0.3) is 0 Å². The number of hydrogen-bond donors (Lipinski definition) is 1. The van der Waals surface area contributed by atoms with Crippen LogP contribution in [0.3, 0.4) is 0 Å². The fraction of sp³-hybridized carbons (Fsp3) is 1.00. The highest BCUT2D eigenvalue weighted by molar-refractivity contribution is 7.89. The molecule has 1 aliphatic rings. The maximum atomic E-state index is 12.4. The van der Waals surface area contributed by atoms with Gasteiger partial charge in [0.1, 0.15) is 0 Å². The molecule has 1 fully saturated rings. The van der Waals surface area contributed by atoms with Gasteiger partial charge >= 0.3 is 0 Å². The van der Waals surface area contributed by atoms with E-state index in [1.807, 2.05) is 13.8 Å². The van der Waals surface area contributed by atoms with E-state index in [-0.39, 0.29) is 17.5 Å². The molecule has 3 atom stereocenters. The van der Waals surface area contributed by atoms with Gasteiger partial charge in [0.05, 0.1) is 17.5 Å². The van der Waals surface area contributed by atoms with Crippen LogP contribution in [0.1, 0.15) is 34.1 Å². The van der Waals surface area contributed by atoms with E-state index >= 15 is 0 Å². The molecule has 0 aliphatic carbocycles. The van der Waals surface area contributed by atoms with Crippen molar-refractivity contribution >= 4 is 10.0 Å². The van der Waals surface area contributed by atoms with Crippen molar-refractivity contribution in [3.63, 3.8) is 0 Å². The van der Waals surface area contributed by atoms with Gasteiger partial charge in [-0.3, -0.25) is 0 Å². The van der Waals surface area contributed by atoms with Gasteiger partial charge in [-0.1, -0.05) is 6.92 Å². The lowest BCUT2D eigenvalue weighted by Gasteiger charge is -2.36. The molecule has 0 aromatic carbocycles. The third-order valence-corrected chi connectivity index (χ3v) is 5.31. The van der Waals surface area contributed by atoms with Crippen molar-refractivity contribution in [3.05, 3.63) is 0 Å². The van der Waals surface area contributed by atoms with E-state index in [4.69, 9.17) is 4.74 Å². The SMILES string of the molecule is CCCNCC(C)S(=O)(=O)N1C[C@@H](C)O[C@@H](C)C1. The number of sulfonamides is 1. The van der Waals surface area contributed by atoms with Crippen molar-refractivity contribution in [2.24, 2.45) is 0 Å². The molecule has 5 nitrogen and oxygen atoms in total. The molecule has 0 aromatic heterocycles. The van der Waals surface area contributed by atoms with Crippen LogP contribution in [-0.2, 0) is 14.8 Å². The third-order valence-electron chi connectivity index (χ3n) is 3.11. The summed E-state index contributed by atoms with van der Waals surface area (Å²) in [4.78, 5) is 0. The normalized spacial score (nSPS) is 28.2. The highest BCUT2D eigenvalue weighted by Crippen LogP contribution is 2.17. The Morgan fingerprint density at radius 1 is 1.33 bits per heavy atom. The smallest absolute Gasteiger partial charge is 0.218 e. The van der Waals surface area contributed by atoms with Crippen molar-refractivity contribution in [3.8, 4) is 0 Å². The van der Waals surface area contributed by atoms with Crippen molar-refractivity contribution < 1.29 is 13.2 Å². The van der Waals surface area contributed by atoms with Gasteiger partial charge < -0.3 is 10.1 Å². The molecule has 18 heavy (non-hydrogen) atoms. The summed E-state index contributed by atoms with van der Waals surface area (Å²) in [5.41, 5.74) is 0. The Morgan fingerprint density at radius 2 is 1.89 bits per heavy atom. The zero-order valence-electron chi connectivity index (χ0n) is 11.8. The Labute approximate surface area is 111 Å². The van der Waals surface area contributed by atoms with Crippen molar-refractivity contribution in [1.82, 2.24) is 9.62 Å². The van der Waals surface area contributed by atoms with Gasteiger partial charge in [0.25, 0.3) is 0 Å². The molecule has 1 aliphatic heterocycles. The molecule has 1 saturated heterocycles. The average molecular weight is 278 g/mol. The van der Waals surface area contributed by atoms with E-state index in [0.717, 1.165) is 13.0 Å². The summed E-state index contributed by atoms with van der Waals surface area (Å²) in [6.45, 7) is 9.96. The predicted octanol–water partition coefficient (Wildman–Crippen LogP) is 0.814. The van der Waals surface area contributed by atoms with Gasteiger partial charge in [-0.2, -0.15) is 4.31 Å². The molecule has 1 rings (SSSR count). The van der Waals surface area contributed by atoms with Gasteiger partial charge in [0.2, 0.25) is 10.0 Å². The monoisotopic (exact) mass is 278 g/mol. The second-order valence-corrected chi connectivity index (χ2v) is 7.49. The Hall–Kier alpha value is -0.170. The molecule has 1 N–H and O–H groups in total. The van der Waals surface area contributed by atoms with Gasteiger partial charge in [0, 0.05) is 19.6 Å². The van der Waals surface area contributed by atoms with E-state index < -0.39 is 10.0 Å². The second-order valence-electron chi connectivity index (χ2n) is 5.13. The van der Waals surface area contributed by atoms with Gasteiger partial charge in [0.15, 0.2) is 0 Å². The maximum Gasteiger partial charge on any atom is 0.218 e. The number of rotatable bonds is 6. The van der Waals surface area contributed by atoms with E-state index in [1.165, 1.54) is 0 Å². The molecule has 0 aromatic rings. The van der Waals surface area contributed by atoms with Crippen LogP contribution in [0, 0.1) is 0 Å². The van der Waals surface area contributed by atoms with Crippen LogP contribution in [0.2, 0.25) is 0 Å². The molecule has 1 heterocycles. The minimum atomic E-state index is -3.22. The highest BCUT2D eigenvalue weighted by Gasteiger charge is 2.34. The molecule has 108 valence electrons. The van der Waals surface area contributed by atoms with Crippen LogP contribution in [0.4, 0.5) is 0 Å². The molecule has 0 amide bonds. The summed E-state index contributed by atoms with van der Waals surface area (Å²) in [5.74, 6) is 0. The van der Waals surface area contributed by atoms with E-state index in [2.05, 4.69) is 12.2 Å². The standard InChI is InChI=1S/C12H26N2O3S/c1-5-6-13-7-12(4)18(15,16)14-8-10(2)17-11(3)9-14/h10-13H,5-9H2,1-4H3/t10-,11+,12?. The van der Waals surface area contributed by atoms with E-state index in [1.54, 1.807) is 11.2 Å². The van der Waals surface area contributed by atoms with Crippen LogP contribution >= 0.6 is 0 Å². The molecule has 0 radical (unpaired) electrons. The number of nitrogens with zero attached hydrogens (tertiary/aromatic N) is 1. The first-order valence-corrected chi connectivity index (χ1v) is 8.23. The highest BCUT2D eigenvalue weighted by atomic mass is 32.2. The van der Waals surface area contributed by atoms with Crippen LogP contribution in [0.15, 0.2) is 0 Å².